The van der Waals surface area contributed by atoms with Crippen molar-refractivity contribution in [2.45, 2.75) is 52.2 Å². The smallest absolute Gasteiger partial charge is 0.156 e. The normalized spacial score (nSPS) is 13.5. The lowest BCUT2D eigenvalue weighted by molar-refractivity contribution is -0.114. The van der Waals surface area contributed by atoms with Crippen LogP contribution < -0.4 is 0 Å². The number of hydrogen-bond acceptors (Lipinski definition) is 1. The molecule has 1 aromatic rings. The molecule has 1 aromatic carbocycles. The third-order valence-electron chi connectivity index (χ3n) is 4.27. The summed E-state index contributed by atoms with van der Waals surface area (Å²) in [5.74, 6) is 3.57. The van der Waals surface area contributed by atoms with E-state index in [4.69, 9.17) is 0 Å². The molecule has 1 nitrogen and oxygen atoms in total. The first kappa shape index (κ1) is 18.5. The van der Waals surface area contributed by atoms with Crippen LogP contribution in [0.25, 0.3) is 6.08 Å². The molecule has 0 fully saturated rings. The molecule has 0 aromatic heterocycles. The lowest BCUT2D eigenvalue weighted by Crippen LogP contribution is -2.35. The zero-order valence-electron chi connectivity index (χ0n) is 14.7. The molecule has 1 rings (SSSR count). The molecule has 0 aliphatic carbocycles. The largest absolute Gasteiger partial charge is 0.295 e. The predicted octanol–water partition coefficient (Wildman–Crippen LogP) is 5.35. The summed E-state index contributed by atoms with van der Waals surface area (Å²) < 4.78 is 0. The van der Waals surface area contributed by atoms with Crippen molar-refractivity contribution in [3.63, 3.8) is 0 Å². The van der Waals surface area contributed by atoms with Crippen molar-refractivity contribution in [3.8, 4) is 11.5 Å². The summed E-state index contributed by atoms with van der Waals surface area (Å²) in [7, 11) is -1.58. The highest BCUT2D eigenvalue weighted by molar-refractivity contribution is 6.87. The third kappa shape index (κ3) is 6.03. The van der Waals surface area contributed by atoms with Gasteiger partial charge in [0.1, 0.15) is 8.07 Å². The Morgan fingerprint density at radius 2 is 1.82 bits per heavy atom. The maximum absolute atomic E-state index is 12.0. The van der Waals surface area contributed by atoms with E-state index in [1.54, 1.807) is 6.08 Å². The van der Waals surface area contributed by atoms with Gasteiger partial charge in [-0.1, -0.05) is 77.2 Å². The number of ketones is 1. The van der Waals surface area contributed by atoms with Crippen LogP contribution in [0.15, 0.2) is 36.4 Å². The van der Waals surface area contributed by atoms with E-state index in [1.165, 1.54) is 0 Å². The zero-order valence-corrected chi connectivity index (χ0v) is 15.7. The fourth-order valence-corrected chi connectivity index (χ4v) is 2.65. The van der Waals surface area contributed by atoms with Crippen LogP contribution in [0.3, 0.4) is 0 Å². The Bertz CT molecular complexity index is 580. The van der Waals surface area contributed by atoms with Gasteiger partial charge in [0.25, 0.3) is 0 Å². The Balaban J connectivity index is 2.61. The lowest BCUT2D eigenvalue weighted by Gasteiger charge is -2.31. The fourth-order valence-electron chi connectivity index (χ4n) is 1.67. The summed E-state index contributed by atoms with van der Waals surface area (Å²) in [6.45, 7) is 13.4. The molecular weight excluding hydrogens is 284 g/mol. The molecule has 118 valence electrons. The van der Waals surface area contributed by atoms with Crippen LogP contribution in [0.5, 0.6) is 0 Å². The van der Waals surface area contributed by atoms with E-state index in [2.05, 4.69) is 45.3 Å². The van der Waals surface area contributed by atoms with Gasteiger partial charge in [-0.15, -0.1) is 11.5 Å². The van der Waals surface area contributed by atoms with E-state index in [0.717, 1.165) is 5.56 Å². The Labute approximate surface area is 136 Å². The van der Waals surface area contributed by atoms with Gasteiger partial charge in [-0.2, -0.15) is 0 Å². The molecule has 0 N–H and O–H groups in total. The number of allylic oxidation sites excluding steroid dienone is 1. The molecule has 0 aliphatic heterocycles. The van der Waals surface area contributed by atoms with E-state index in [-0.39, 0.29) is 16.7 Å². The monoisotopic (exact) mass is 312 g/mol. The minimum atomic E-state index is -1.58. The summed E-state index contributed by atoms with van der Waals surface area (Å²) in [6.07, 6.45) is 4.03. The summed E-state index contributed by atoms with van der Waals surface area (Å²) >= 11 is 0. The molecule has 0 aliphatic rings. The van der Waals surface area contributed by atoms with Crippen LogP contribution in [0.1, 0.15) is 39.7 Å². The van der Waals surface area contributed by atoms with E-state index in [1.807, 2.05) is 43.3 Å². The molecule has 1 atom stereocenters. The van der Waals surface area contributed by atoms with Gasteiger partial charge in [-0.05, 0) is 16.7 Å². The van der Waals surface area contributed by atoms with Gasteiger partial charge in [-0.3, -0.25) is 4.79 Å². The van der Waals surface area contributed by atoms with Gasteiger partial charge in [-0.25, -0.2) is 0 Å². The van der Waals surface area contributed by atoms with Crippen LogP contribution in [-0.4, -0.2) is 13.9 Å². The molecule has 0 radical (unpaired) electrons. The van der Waals surface area contributed by atoms with Gasteiger partial charge in [0.05, 0.1) is 0 Å². The topological polar surface area (TPSA) is 17.1 Å². The van der Waals surface area contributed by atoms with Gasteiger partial charge < -0.3 is 0 Å². The first-order valence-electron chi connectivity index (χ1n) is 7.90. The summed E-state index contributed by atoms with van der Waals surface area (Å²) in [5, 5.41) is 0.261. The average molecular weight is 313 g/mol. The minimum Gasteiger partial charge on any atom is -0.295 e. The molecule has 0 bridgehead atoms. The zero-order chi connectivity index (χ0) is 16.8. The highest BCUT2D eigenvalue weighted by Gasteiger charge is 2.33. The van der Waals surface area contributed by atoms with Gasteiger partial charge >= 0.3 is 0 Å². The van der Waals surface area contributed by atoms with Crippen molar-refractivity contribution in [3.05, 3.63) is 42.0 Å². The van der Waals surface area contributed by atoms with E-state index < -0.39 is 8.07 Å². The molecule has 0 saturated carbocycles. The summed E-state index contributed by atoms with van der Waals surface area (Å²) in [4.78, 5) is 12.0. The van der Waals surface area contributed by atoms with E-state index in [9.17, 15) is 4.79 Å². The number of rotatable bonds is 4. The molecule has 0 unspecified atom stereocenters. The second kappa shape index (κ2) is 7.60. The van der Waals surface area contributed by atoms with E-state index in [0.29, 0.717) is 6.42 Å². The third-order valence-corrected chi connectivity index (χ3v) is 8.79. The van der Waals surface area contributed by atoms with Crippen LogP contribution >= 0.6 is 0 Å². The highest BCUT2D eigenvalue weighted by Crippen LogP contribution is 2.35. The molecule has 0 saturated heterocycles. The maximum atomic E-state index is 12.0. The number of benzene rings is 1. The number of hydrogen-bond donors (Lipinski definition) is 0. The fraction of sp³-hybridized carbons (Fsp3) is 0.450. The van der Waals surface area contributed by atoms with Crippen LogP contribution in [0.2, 0.25) is 18.1 Å². The van der Waals surface area contributed by atoms with Crippen molar-refractivity contribution >= 4 is 19.9 Å². The van der Waals surface area contributed by atoms with Crippen molar-refractivity contribution in [2.75, 3.05) is 0 Å². The molecular formula is C20H28OSi. The van der Waals surface area contributed by atoms with E-state index >= 15 is 0 Å². The predicted molar refractivity (Wildman–Crippen MR) is 99.2 cm³/mol. The SMILES string of the molecule is C[C@@H](C#C[Si](C)(C)C(C)(C)C)CC(=O)/C=C/c1ccccc1. The van der Waals surface area contributed by atoms with Crippen molar-refractivity contribution < 1.29 is 4.79 Å². The van der Waals surface area contributed by atoms with Gasteiger partial charge in [0, 0.05) is 12.3 Å². The molecule has 2 heteroatoms. The maximum Gasteiger partial charge on any atom is 0.156 e. The molecule has 0 amide bonds. The Kier molecular flexibility index (Phi) is 6.38. The first-order valence-corrected chi connectivity index (χ1v) is 10.9. The average Bonchev–Trinajstić information content (AvgIpc) is 2.43. The van der Waals surface area contributed by atoms with Crippen LogP contribution in [0, 0.1) is 17.4 Å². The molecule has 0 heterocycles. The van der Waals surface area contributed by atoms with Crippen molar-refractivity contribution in [2.24, 2.45) is 5.92 Å². The standard InChI is InChI=1S/C20H28OSi/c1-17(14-15-22(5,6)20(2,3)4)16-19(21)13-12-18-10-8-7-9-11-18/h7-13,17H,16H2,1-6H3/b13-12+/t17-/m0/s1. The van der Waals surface area contributed by atoms with Crippen molar-refractivity contribution in [1.29, 1.82) is 0 Å². The highest BCUT2D eigenvalue weighted by atomic mass is 28.3. The quantitative estimate of drug-likeness (QED) is 0.416. The Hall–Kier alpha value is -1.59. The van der Waals surface area contributed by atoms with Crippen LogP contribution in [-0.2, 0) is 4.79 Å². The summed E-state index contributed by atoms with van der Waals surface area (Å²) in [5.41, 5.74) is 4.54. The minimum absolute atomic E-state index is 0.113. The second-order valence-corrected chi connectivity index (χ2v) is 12.5. The van der Waals surface area contributed by atoms with Gasteiger partial charge in [0.2, 0.25) is 0 Å². The number of carbonyl (C=O) groups excluding carboxylic acids is 1. The summed E-state index contributed by atoms with van der Waals surface area (Å²) in [6, 6.07) is 9.89. The second-order valence-electron chi connectivity index (χ2n) is 7.46. The lowest BCUT2D eigenvalue weighted by atomic mass is 10.1. The van der Waals surface area contributed by atoms with Crippen molar-refractivity contribution in [1.82, 2.24) is 0 Å². The Morgan fingerprint density at radius 3 is 2.36 bits per heavy atom. The van der Waals surface area contributed by atoms with Gasteiger partial charge in [0.15, 0.2) is 5.78 Å². The first-order chi connectivity index (χ1) is 10.1. The number of carbonyl (C=O) groups is 1. The van der Waals surface area contributed by atoms with Crippen LogP contribution in [0.4, 0.5) is 0 Å². The Morgan fingerprint density at radius 1 is 1.23 bits per heavy atom. The molecule has 22 heavy (non-hydrogen) atoms. The molecule has 0 spiro atoms.